The van der Waals surface area contributed by atoms with E-state index in [9.17, 15) is 8.42 Å². The van der Waals surface area contributed by atoms with Gasteiger partial charge in [0.15, 0.2) is 0 Å². The maximum Gasteiger partial charge on any atom is 0.280 e. The molecule has 1 rings (SSSR count). The summed E-state index contributed by atoms with van der Waals surface area (Å²) in [5.41, 5.74) is 5.81. The van der Waals surface area contributed by atoms with Gasteiger partial charge in [0.05, 0.1) is 4.91 Å². The summed E-state index contributed by atoms with van der Waals surface area (Å²) in [4.78, 5) is 0.255. The summed E-state index contributed by atoms with van der Waals surface area (Å²) in [7, 11) is -3.38. The summed E-state index contributed by atoms with van der Waals surface area (Å²) in [6.07, 6.45) is 0. The van der Waals surface area contributed by atoms with Crippen LogP contribution in [0.2, 0.25) is 0 Å². The van der Waals surface area contributed by atoms with Crippen LogP contribution in [0.3, 0.4) is 0 Å². The molecule has 4 nitrogen and oxygen atoms in total. The van der Waals surface area contributed by atoms with Crippen molar-refractivity contribution in [2.75, 3.05) is 0 Å². The van der Waals surface area contributed by atoms with Crippen molar-refractivity contribution in [3.63, 3.8) is 0 Å². The van der Waals surface area contributed by atoms with Crippen molar-refractivity contribution in [2.24, 2.45) is 10.1 Å². The molecule has 0 aromatic rings. The van der Waals surface area contributed by atoms with Crippen LogP contribution in [0.25, 0.3) is 0 Å². The van der Waals surface area contributed by atoms with Crippen LogP contribution in [0.1, 0.15) is 13.8 Å². The van der Waals surface area contributed by atoms with Crippen molar-refractivity contribution in [2.45, 2.75) is 13.8 Å². The van der Waals surface area contributed by atoms with Crippen LogP contribution in [0.4, 0.5) is 0 Å². The first kappa shape index (κ1) is 7.27. The van der Waals surface area contributed by atoms with Gasteiger partial charge in [0.2, 0.25) is 0 Å². The van der Waals surface area contributed by atoms with E-state index in [4.69, 9.17) is 5.73 Å². The molecule has 2 N–H and O–H groups in total. The Balaban J connectivity index is 3.41. The standard InChI is InChI=1S/C5H8N2O2S/c1-3-4(2)10(8,9)7-5(3)6/h1-2H3,(H2,6,7). The molecule has 0 saturated carbocycles. The summed E-state index contributed by atoms with van der Waals surface area (Å²) in [6.45, 7) is 3.13. The Hall–Kier alpha value is -0.840. The van der Waals surface area contributed by atoms with E-state index in [1.54, 1.807) is 6.92 Å². The van der Waals surface area contributed by atoms with Crippen LogP contribution >= 0.6 is 0 Å². The van der Waals surface area contributed by atoms with E-state index in [2.05, 4.69) is 4.40 Å². The van der Waals surface area contributed by atoms with Gasteiger partial charge < -0.3 is 5.73 Å². The van der Waals surface area contributed by atoms with Gasteiger partial charge in [-0.25, -0.2) is 0 Å². The Morgan fingerprint density at radius 1 is 1.40 bits per heavy atom. The summed E-state index contributed by atoms with van der Waals surface area (Å²) in [5.74, 6) is 0.109. The number of hydrogen-bond acceptors (Lipinski definition) is 3. The first-order chi connectivity index (χ1) is 4.45. The lowest BCUT2D eigenvalue weighted by Gasteiger charge is -1.89. The maximum atomic E-state index is 10.9. The van der Waals surface area contributed by atoms with Crippen molar-refractivity contribution in [3.8, 4) is 0 Å². The first-order valence-electron chi connectivity index (χ1n) is 2.73. The van der Waals surface area contributed by atoms with Gasteiger partial charge in [-0.15, -0.1) is 4.40 Å². The first-order valence-corrected chi connectivity index (χ1v) is 4.17. The zero-order valence-electron chi connectivity index (χ0n) is 5.75. The van der Waals surface area contributed by atoms with Crippen molar-refractivity contribution in [1.29, 1.82) is 0 Å². The van der Waals surface area contributed by atoms with Crippen LogP contribution in [-0.4, -0.2) is 14.3 Å². The minimum atomic E-state index is -3.38. The Morgan fingerprint density at radius 3 is 2.00 bits per heavy atom. The molecule has 0 saturated heterocycles. The smallest absolute Gasteiger partial charge is 0.280 e. The molecule has 56 valence electrons. The average Bonchev–Trinajstić information content (AvgIpc) is 1.95. The fourth-order valence-electron chi connectivity index (χ4n) is 0.640. The van der Waals surface area contributed by atoms with E-state index < -0.39 is 10.0 Å². The van der Waals surface area contributed by atoms with Gasteiger partial charge in [0, 0.05) is 5.57 Å². The topological polar surface area (TPSA) is 72.5 Å². The Labute approximate surface area is 59.5 Å². The molecule has 5 heteroatoms. The van der Waals surface area contributed by atoms with Gasteiger partial charge in [-0.3, -0.25) is 0 Å². The largest absolute Gasteiger partial charge is 0.383 e. The van der Waals surface area contributed by atoms with Gasteiger partial charge in [-0.1, -0.05) is 0 Å². The van der Waals surface area contributed by atoms with Gasteiger partial charge in [0.25, 0.3) is 10.0 Å². The monoisotopic (exact) mass is 160 g/mol. The number of nitrogens with two attached hydrogens (primary N) is 1. The molecule has 0 spiro atoms. The summed E-state index contributed by atoms with van der Waals surface area (Å²) >= 11 is 0. The van der Waals surface area contributed by atoms with Gasteiger partial charge in [-0.2, -0.15) is 8.42 Å². The van der Waals surface area contributed by atoms with Gasteiger partial charge in [0.1, 0.15) is 5.84 Å². The highest BCUT2D eigenvalue weighted by atomic mass is 32.2. The molecule has 0 aromatic heterocycles. The molecule has 0 aromatic carbocycles. The molecular weight excluding hydrogens is 152 g/mol. The van der Waals surface area contributed by atoms with Crippen molar-refractivity contribution in [1.82, 2.24) is 0 Å². The van der Waals surface area contributed by atoms with Crippen molar-refractivity contribution in [3.05, 3.63) is 10.5 Å². The highest BCUT2D eigenvalue weighted by molar-refractivity contribution is 7.94. The average molecular weight is 160 g/mol. The number of allylic oxidation sites excluding steroid dienone is 1. The minimum Gasteiger partial charge on any atom is -0.383 e. The molecule has 10 heavy (non-hydrogen) atoms. The van der Waals surface area contributed by atoms with Crippen molar-refractivity contribution < 1.29 is 8.42 Å². The van der Waals surface area contributed by atoms with Crippen LogP contribution in [0.15, 0.2) is 14.9 Å². The summed E-state index contributed by atoms with van der Waals surface area (Å²) in [5, 5.41) is 0. The Kier molecular flexibility index (Phi) is 1.32. The second kappa shape index (κ2) is 1.82. The molecule has 0 fully saturated rings. The number of amidine groups is 1. The third kappa shape index (κ3) is 0.824. The molecule has 1 aliphatic rings. The molecule has 0 amide bonds. The predicted octanol–water partition coefficient (Wildman–Crippen LogP) is -0.0191. The van der Waals surface area contributed by atoms with Crippen LogP contribution in [0.5, 0.6) is 0 Å². The maximum absolute atomic E-state index is 10.9. The molecule has 1 heterocycles. The third-order valence-electron chi connectivity index (χ3n) is 1.52. The van der Waals surface area contributed by atoms with Crippen LogP contribution in [0, 0.1) is 0 Å². The number of rotatable bonds is 0. The number of hydrogen-bond donors (Lipinski definition) is 1. The highest BCUT2D eigenvalue weighted by Crippen LogP contribution is 2.20. The van der Waals surface area contributed by atoms with E-state index in [1.807, 2.05) is 0 Å². The number of sulfonamides is 1. The second-order valence-corrected chi connectivity index (χ2v) is 3.88. The molecule has 0 radical (unpaired) electrons. The lowest BCUT2D eigenvalue weighted by atomic mass is 10.3. The fourth-order valence-corrected chi connectivity index (χ4v) is 1.66. The Bertz CT molecular complexity index is 324. The summed E-state index contributed by atoms with van der Waals surface area (Å²) in [6, 6.07) is 0. The predicted molar refractivity (Wildman–Crippen MR) is 38.9 cm³/mol. The van der Waals surface area contributed by atoms with Crippen LogP contribution in [-0.2, 0) is 10.0 Å². The number of nitrogens with zero attached hydrogens (tertiary/aromatic N) is 1. The normalized spacial score (nSPS) is 23.2. The molecule has 0 aliphatic carbocycles. The van der Waals surface area contributed by atoms with E-state index in [1.165, 1.54) is 6.92 Å². The highest BCUT2D eigenvalue weighted by Gasteiger charge is 2.23. The minimum absolute atomic E-state index is 0.109. The third-order valence-corrected chi connectivity index (χ3v) is 3.03. The molecule has 0 bridgehead atoms. The summed E-state index contributed by atoms with van der Waals surface area (Å²) < 4.78 is 25.0. The second-order valence-electron chi connectivity index (χ2n) is 2.13. The van der Waals surface area contributed by atoms with Crippen LogP contribution < -0.4 is 5.73 Å². The van der Waals surface area contributed by atoms with E-state index >= 15 is 0 Å². The quantitative estimate of drug-likeness (QED) is 0.541. The van der Waals surface area contributed by atoms with Crippen molar-refractivity contribution >= 4 is 15.9 Å². The Morgan fingerprint density at radius 2 is 1.90 bits per heavy atom. The van der Waals surface area contributed by atoms with E-state index in [0.29, 0.717) is 5.57 Å². The zero-order valence-corrected chi connectivity index (χ0v) is 6.57. The lowest BCUT2D eigenvalue weighted by Crippen LogP contribution is -2.09. The molecule has 1 aliphatic heterocycles. The molecule has 0 atom stereocenters. The SMILES string of the molecule is CC1=C(C)S(=O)(=O)N=C1N. The molecular formula is C5H8N2O2S. The van der Waals surface area contributed by atoms with E-state index in [0.717, 1.165) is 0 Å². The lowest BCUT2D eigenvalue weighted by molar-refractivity contribution is 0.604. The zero-order chi connectivity index (χ0) is 7.94. The fraction of sp³-hybridized carbons (Fsp3) is 0.400. The van der Waals surface area contributed by atoms with Gasteiger partial charge in [-0.05, 0) is 13.8 Å². The van der Waals surface area contributed by atoms with E-state index in [-0.39, 0.29) is 10.7 Å². The van der Waals surface area contributed by atoms with Gasteiger partial charge >= 0.3 is 0 Å². The molecule has 0 unspecified atom stereocenters.